The van der Waals surface area contributed by atoms with E-state index >= 15 is 0 Å². The van der Waals surface area contributed by atoms with Crippen molar-refractivity contribution < 1.29 is 9.53 Å². The number of amides is 2. The summed E-state index contributed by atoms with van der Waals surface area (Å²) >= 11 is 0. The molecule has 28 heavy (non-hydrogen) atoms. The van der Waals surface area contributed by atoms with E-state index in [4.69, 9.17) is 4.74 Å². The van der Waals surface area contributed by atoms with Crippen molar-refractivity contribution in [1.29, 1.82) is 0 Å². The van der Waals surface area contributed by atoms with Crippen LogP contribution in [0.15, 0.2) is 48.5 Å². The maximum Gasteiger partial charge on any atom is 0.319 e. The quantitative estimate of drug-likeness (QED) is 0.746. The second-order valence-electron chi connectivity index (χ2n) is 7.47. The molecule has 0 bridgehead atoms. The molecule has 0 saturated carbocycles. The molecular formula is C23H31N3O2. The van der Waals surface area contributed by atoms with Gasteiger partial charge in [0.15, 0.2) is 0 Å². The third kappa shape index (κ3) is 5.99. The maximum atomic E-state index is 12.3. The second-order valence-corrected chi connectivity index (χ2v) is 7.47. The first-order chi connectivity index (χ1) is 13.6. The van der Waals surface area contributed by atoms with Gasteiger partial charge in [0.1, 0.15) is 5.75 Å². The minimum Gasteiger partial charge on any atom is -0.492 e. The fourth-order valence-electron chi connectivity index (χ4n) is 3.56. The Morgan fingerprint density at radius 1 is 1.11 bits per heavy atom. The highest BCUT2D eigenvalue weighted by molar-refractivity contribution is 5.90. The van der Waals surface area contributed by atoms with Gasteiger partial charge in [0, 0.05) is 13.1 Å². The minimum absolute atomic E-state index is 0.172. The summed E-state index contributed by atoms with van der Waals surface area (Å²) in [5, 5.41) is 5.91. The van der Waals surface area contributed by atoms with Gasteiger partial charge in [-0.15, -0.1) is 0 Å². The summed E-state index contributed by atoms with van der Waals surface area (Å²) in [7, 11) is 0. The number of ether oxygens (including phenoxy) is 1. The number of rotatable bonds is 7. The summed E-state index contributed by atoms with van der Waals surface area (Å²) < 4.78 is 5.55. The zero-order valence-corrected chi connectivity index (χ0v) is 16.9. The first kappa shape index (κ1) is 20.2. The molecule has 1 saturated heterocycles. The first-order valence-electron chi connectivity index (χ1n) is 10.2. The first-order valence-corrected chi connectivity index (χ1v) is 10.2. The lowest BCUT2D eigenvalue weighted by Crippen LogP contribution is -2.39. The molecule has 0 aromatic heterocycles. The summed E-state index contributed by atoms with van der Waals surface area (Å²) in [5.74, 6) is 1.23. The molecule has 0 radical (unpaired) electrons. The lowest BCUT2D eigenvalue weighted by atomic mass is 9.96. The third-order valence-corrected chi connectivity index (χ3v) is 5.22. The molecule has 1 heterocycles. The van der Waals surface area contributed by atoms with Gasteiger partial charge in [-0.1, -0.05) is 42.0 Å². The number of nitrogens with zero attached hydrogens (tertiary/aromatic N) is 1. The molecule has 1 fully saturated rings. The molecular weight excluding hydrogens is 350 g/mol. The van der Waals surface area contributed by atoms with Gasteiger partial charge in [0.05, 0.1) is 12.3 Å². The van der Waals surface area contributed by atoms with Crippen molar-refractivity contribution in [3.8, 4) is 5.75 Å². The second kappa shape index (κ2) is 10.1. The van der Waals surface area contributed by atoms with Crippen LogP contribution < -0.4 is 15.4 Å². The van der Waals surface area contributed by atoms with E-state index in [1.807, 2.05) is 31.2 Å². The van der Waals surface area contributed by atoms with Gasteiger partial charge >= 0.3 is 6.03 Å². The van der Waals surface area contributed by atoms with Gasteiger partial charge in [-0.25, -0.2) is 4.79 Å². The summed E-state index contributed by atoms with van der Waals surface area (Å²) in [6.45, 7) is 8.50. The van der Waals surface area contributed by atoms with E-state index in [1.165, 1.54) is 11.1 Å². The standard InChI is InChI=1S/C23H31N3O2/c1-3-28-22-7-5-4-6-21(22)25-23(27)24-16-19-12-14-26(15-13-19)17-20-10-8-18(2)9-11-20/h4-11,19H,3,12-17H2,1-2H3,(H2,24,25,27). The van der Waals surface area contributed by atoms with Gasteiger partial charge in [-0.3, -0.25) is 4.90 Å². The van der Waals surface area contributed by atoms with Crippen LogP contribution in [0.1, 0.15) is 30.9 Å². The summed E-state index contributed by atoms with van der Waals surface area (Å²) in [5.41, 5.74) is 3.37. The van der Waals surface area contributed by atoms with E-state index in [0.717, 1.165) is 32.5 Å². The van der Waals surface area contributed by atoms with Crippen molar-refractivity contribution in [3.05, 3.63) is 59.7 Å². The number of nitrogens with one attached hydrogen (secondary N) is 2. The molecule has 0 aliphatic carbocycles. The van der Waals surface area contributed by atoms with Crippen LogP contribution in [0.4, 0.5) is 10.5 Å². The topological polar surface area (TPSA) is 53.6 Å². The molecule has 2 aromatic rings. The van der Waals surface area contributed by atoms with Crippen molar-refractivity contribution in [3.63, 3.8) is 0 Å². The predicted octanol–water partition coefficient (Wildman–Crippen LogP) is 4.43. The van der Waals surface area contributed by atoms with E-state index in [-0.39, 0.29) is 6.03 Å². The number of carbonyl (C=O) groups is 1. The van der Waals surface area contributed by atoms with Crippen molar-refractivity contribution >= 4 is 11.7 Å². The van der Waals surface area contributed by atoms with E-state index in [9.17, 15) is 4.79 Å². The summed E-state index contributed by atoms with van der Waals surface area (Å²) in [6, 6.07) is 16.1. The number of hydrogen-bond donors (Lipinski definition) is 2. The molecule has 2 aromatic carbocycles. The number of para-hydroxylation sites is 2. The van der Waals surface area contributed by atoms with Crippen LogP contribution in [0.25, 0.3) is 0 Å². The van der Waals surface area contributed by atoms with E-state index in [2.05, 4.69) is 46.7 Å². The zero-order chi connectivity index (χ0) is 19.8. The molecule has 2 amide bonds. The van der Waals surface area contributed by atoms with Crippen LogP contribution >= 0.6 is 0 Å². The smallest absolute Gasteiger partial charge is 0.319 e. The van der Waals surface area contributed by atoms with Gasteiger partial charge in [0.2, 0.25) is 0 Å². The van der Waals surface area contributed by atoms with Crippen molar-refractivity contribution in [2.45, 2.75) is 33.2 Å². The van der Waals surface area contributed by atoms with Crippen LogP contribution in [-0.2, 0) is 6.54 Å². The van der Waals surface area contributed by atoms with E-state index in [0.29, 0.717) is 30.5 Å². The Bertz CT molecular complexity index is 753. The number of aryl methyl sites for hydroxylation is 1. The average Bonchev–Trinajstić information content (AvgIpc) is 2.71. The molecule has 5 heteroatoms. The Labute approximate surface area is 168 Å². The predicted molar refractivity (Wildman–Crippen MR) is 114 cm³/mol. The third-order valence-electron chi connectivity index (χ3n) is 5.22. The SMILES string of the molecule is CCOc1ccccc1NC(=O)NCC1CCN(Cc2ccc(C)cc2)CC1. The highest BCUT2D eigenvalue weighted by Gasteiger charge is 2.20. The minimum atomic E-state index is -0.172. The van der Waals surface area contributed by atoms with Gasteiger partial charge in [-0.2, -0.15) is 0 Å². The van der Waals surface area contributed by atoms with Gasteiger partial charge in [0.25, 0.3) is 0 Å². The van der Waals surface area contributed by atoms with Crippen LogP contribution in [0.2, 0.25) is 0 Å². The van der Waals surface area contributed by atoms with Crippen LogP contribution in [0, 0.1) is 12.8 Å². The lowest BCUT2D eigenvalue weighted by molar-refractivity contribution is 0.175. The molecule has 1 aliphatic rings. The molecule has 5 nitrogen and oxygen atoms in total. The fraction of sp³-hybridized carbons (Fsp3) is 0.435. The Morgan fingerprint density at radius 3 is 2.54 bits per heavy atom. The van der Waals surface area contributed by atoms with Crippen molar-refractivity contribution in [2.75, 3.05) is 31.6 Å². The van der Waals surface area contributed by atoms with Crippen molar-refractivity contribution in [2.24, 2.45) is 5.92 Å². The Hall–Kier alpha value is -2.53. The largest absolute Gasteiger partial charge is 0.492 e. The summed E-state index contributed by atoms with van der Waals surface area (Å²) in [6.07, 6.45) is 2.23. The Kier molecular flexibility index (Phi) is 7.31. The number of hydrogen-bond acceptors (Lipinski definition) is 3. The molecule has 1 aliphatic heterocycles. The molecule has 150 valence electrons. The lowest BCUT2D eigenvalue weighted by Gasteiger charge is -2.32. The van der Waals surface area contributed by atoms with Crippen LogP contribution in [0.5, 0.6) is 5.75 Å². The number of benzene rings is 2. The Morgan fingerprint density at radius 2 is 1.82 bits per heavy atom. The highest BCUT2D eigenvalue weighted by atomic mass is 16.5. The molecule has 0 atom stereocenters. The number of anilines is 1. The number of carbonyl (C=O) groups excluding carboxylic acids is 1. The molecule has 0 spiro atoms. The molecule has 3 rings (SSSR count). The number of piperidine rings is 1. The maximum absolute atomic E-state index is 12.3. The van der Waals surface area contributed by atoms with Crippen molar-refractivity contribution in [1.82, 2.24) is 10.2 Å². The average molecular weight is 382 g/mol. The van der Waals surface area contributed by atoms with Crippen LogP contribution in [-0.4, -0.2) is 37.2 Å². The van der Waals surface area contributed by atoms with Gasteiger partial charge in [-0.05, 0) is 63.4 Å². The van der Waals surface area contributed by atoms with Gasteiger partial charge < -0.3 is 15.4 Å². The summed E-state index contributed by atoms with van der Waals surface area (Å²) in [4.78, 5) is 14.8. The number of urea groups is 1. The fourth-order valence-corrected chi connectivity index (χ4v) is 3.56. The molecule has 2 N–H and O–H groups in total. The Balaban J connectivity index is 1.39. The van der Waals surface area contributed by atoms with E-state index < -0.39 is 0 Å². The zero-order valence-electron chi connectivity index (χ0n) is 16.9. The number of likely N-dealkylation sites (tertiary alicyclic amines) is 1. The van der Waals surface area contributed by atoms with Crippen LogP contribution in [0.3, 0.4) is 0 Å². The normalized spacial score (nSPS) is 15.2. The molecule has 0 unspecified atom stereocenters. The monoisotopic (exact) mass is 381 g/mol. The van der Waals surface area contributed by atoms with E-state index in [1.54, 1.807) is 0 Å². The highest BCUT2D eigenvalue weighted by Crippen LogP contribution is 2.23.